The van der Waals surface area contributed by atoms with E-state index in [9.17, 15) is 13.2 Å². The van der Waals surface area contributed by atoms with Gasteiger partial charge in [0, 0.05) is 32.8 Å². The van der Waals surface area contributed by atoms with E-state index in [1.165, 1.54) is 4.31 Å². The number of rotatable bonds is 4. The highest BCUT2D eigenvalue weighted by molar-refractivity contribution is 7.89. The molecule has 0 radical (unpaired) electrons. The zero-order valence-electron chi connectivity index (χ0n) is 14.8. The number of nitrogens with zero attached hydrogens (tertiary/aromatic N) is 2. The fourth-order valence-corrected chi connectivity index (χ4v) is 4.72. The van der Waals surface area contributed by atoms with Gasteiger partial charge < -0.3 is 9.64 Å². The monoisotopic (exact) mass is 366 g/mol. The van der Waals surface area contributed by atoms with E-state index in [2.05, 4.69) is 13.8 Å². The quantitative estimate of drug-likeness (QED) is 0.815. The van der Waals surface area contributed by atoms with Crippen LogP contribution in [0.25, 0.3) is 0 Å². The summed E-state index contributed by atoms with van der Waals surface area (Å²) in [5, 5.41) is 0. The van der Waals surface area contributed by atoms with E-state index in [0.29, 0.717) is 43.6 Å². The Kier molecular flexibility index (Phi) is 5.46. The minimum atomic E-state index is -3.51. The van der Waals surface area contributed by atoms with E-state index in [1.807, 2.05) is 12.1 Å². The lowest BCUT2D eigenvalue weighted by Crippen LogP contribution is -2.52. The predicted octanol–water partition coefficient (Wildman–Crippen LogP) is 1.82. The van der Waals surface area contributed by atoms with Crippen molar-refractivity contribution in [1.82, 2.24) is 9.21 Å². The highest BCUT2D eigenvalue weighted by atomic mass is 32.2. The van der Waals surface area contributed by atoms with Gasteiger partial charge in [-0.05, 0) is 36.5 Å². The van der Waals surface area contributed by atoms with E-state index in [-0.39, 0.29) is 12.0 Å². The van der Waals surface area contributed by atoms with Crippen molar-refractivity contribution < 1.29 is 17.9 Å². The number of carbonyl (C=O) groups excluding carboxylic acids is 1. The number of hydrogen-bond acceptors (Lipinski definition) is 4. The first-order valence-corrected chi connectivity index (χ1v) is 10.3. The molecule has 1 amide bonds. The largest absolute Gasteiger partial charge is 0.368 e. The minimum Gasteiger partial charge on any atom is -0.368 e. The number of piperazine rings is 1. The molecule has 0 bridgehead atoms. The van der Waals surface area contributed by atoms with Crippen LogP contribution >= 0.6 is 0 Å². The van der Waals surface area contributed by atoms with Crippen molar-refractivity contribution >= 4 is 15.9 Å². The second kappa shape index (κ2) is 7.43. The molecular formula is C18H26N2O4S. The predicted molar refractivity (Wildman–Crippen MR) is 94.8 cm³/mol. The zero-order chi connectivity index (χ0) is 18.0. The van der Waals surface area contributed by atoms with Crippen LogP contribution in [0.4, 0.5) is 0 Å². The summed E-state index contributed by atoms with van der Waals surface area (Å²) in [5.41, 5.74) is 1.12. The zero-order valence-corrected chi connectivity index (χ0v) is 15.7. The molecule has 138 valence electrons. The average Bonchev–Trinajstić information content (AvgIpc) is 3.16. The molecule has 1 unspecified atom stereocenters. The summed E-state index contributed by atoms with van der Waals surface area (Å²) in [7, 11) is -3.51. The Bertz CT molecular complexity index is 701. The number of sulfonamides is 1. The van der Waals surface area contributed by atoms with Crippen molar-refractivity contribution in [3.05, 3.63) is 29.8 Å². The molecular weight excluding hydrogens is 340 g/mol. The molecule has 1 aromatic rings. The number of amides is 1. The van der Waals surface area contributed by atoms with E-state index >= 15 is 0 Å². The highest BCUT2D eigenvalue weighted by Crippen LogP contribution is 2.22. The first kappa shape index (κ1) is 18.4. The molecule has 2 fully saturated rings. The second-order valence-corrected chi connectivity index (χ2v) is 8.89. The van der Waals surface area contributed by atoms with E-state index < -0.39 is 10.0 Å². The molecule has 25 heavy (non-hydrogen) atoms. The molecule has 0 spiro atoms. The fourth-order valence-electron chi connectivity index (χ4n) is 3.30. The molecule has 3 rings (SSSR count). The summed E-state index contributed by atoms with van der Waals surface area (Å²) in [5.74, 6) is 0.361. The summed E-state index contributed by atoms with van der Waals surface area (Å²) in [4.78, 5) is 14.4. The Labute approximate surface area is 149 Å². The van der Waals surface area contributed by atoms with Gasteiger partial charge in [0.15, 0.2) is 0 Å². The molecule has 0 aliphatic carbocycles. The molecule has 2 heterocycles. The Morgan fingerprint density at radius 3 is 2.28 bits per heavy atom. The van der Waals surface area contributed by atoms with Crippen LogP contribution in [0, 0.1) is 0 Å². The van der Waals surface area contributed by atoms with Gasteiger partial charge in [0.1, 0.15) is 6.10 Å². The fraction of sp³-hybridized carbons (Fsp3) is 0.611. The standard InChI is InChI=1S/C18H26N2O4S/c1-14(2)15-5-7-16(8-6-15)25(22,23)20-11-9-19(10-12-20)18(21)17-4-3-13-24-17/h5-8,14,17H,3-4,9-13H2,1-2H3. The topological polar surface area (TPSA) is 66.9 Å². The Hall–Kier alpha value is -1.44. The smallest absolute Gasteiger partial charge is 0.251 e. The minimum absolute atomic E-state index is 0.00386. The maximum Gasteiger partial charge on any atom is 0.251 e. The molecule has 2 saturated heterocycles. The van der Waals surface area contributed by atoms with Crippen molar-refractivity contribution in [3.63, 3.8) is 0 Å². The van der Waals surface area contributed by atoms with E-state index in [1.54, 1.807) is 17.0 Å². The van der Waals surface area contributed by atoms with Crippen LogP contribution in [0.1, 0.15) is 38.2 Å². The lowest BCUT2D eigenvalue weighted by molar-refractivity contribution is -0.142. The molecule has 7 heteroatoms. The molecule has 2 aliphatic heterocycles. The van der Waals surface area contributed by atoms with Crippen LogP contribution in [0.5, 0.6) is 0 Å². The SMILES string of the molecule is CC(C)c1ccc(S(=O)(=O)N2CCN(C(=O)C3CCCO3)CC2)cc1. The van der Waals surface area contributed by atoms with Crippen LogP contribution in [-0.4, -0.2) is 62.4 Å². The number of carbonyl (C=O) groups is 1. The maximum absolute atomic E-state index is 12.8. The third kappa shape index (κ3) is 3.88. The lowest BCUT2D eigenvalue weighted by atomic mass is 10.0. The summed E-state index contributed by atoms with van der Waals surface area (Å²) >= 11 is 0. The van der Waals surface area contributed by atoms with E-state index in [0.717, 1.165) is 18.4 Å². The van der Waals surface area contributed by atoms with Gasteiger partial charge >= 0.3 is 0 Å². The van der Waals surface area contributed by atoms with Crippen molar-refractivity contribution in [2.24, 2.45) is 0 Å². The molecule has 0 saturated carbocycles. The molecule has 2 aliphatic rings. The summed E-state index contributed by atoms with van der Waals surface area (Å²) < 4.78 is 32.5. The van der Waals surface area contributed by atoms with Crippen molar-refractivity contribution in [2.75, 3.05) is 32.8 Å². The van der Waals surface area contributed by atoms with Gasteiger partial charge in [0.2, 0.25) is 10.0 Å². The van der Waals surface area contributed by atoms with Crippen LogP contribution < -0.4 is 0 Å². The first-order valence-electron chi connectivity index (χ1n) is 8.90. The third-order valence-corrected chi connectivity index (χ3v) is 6.85. The Balaban J connectivity index is 1.64. The van der Waals surface area contributed by atoms with Crippen molar-refractivity contribution in [1.29, 1.82) is 0 Å². The number of hydrogen-bond donors (Lipinski definition) is 0. The Morgan fingerprint density at radius 2 is 1.76 bits per heavy atom. The molecule has 1 atom stereocenters. The first-order chi connectivity index (χ1) is 11.9. The maximum atomic E-state index is 12.8. The number of benzene rings is 1. The van der Waals surface area contributed by atoms with Crippen LogP contribution in [0.3, 0.4) is 0 Å². The second-order valence-electron chi connectivity index (χ2n) is 6.95. The average molecular weight is 366 g/mol. The van der Waals surface area contributed by atoms with Crippen molar-refractivity contribution in [3.8, 4) is 0 Å². The number of ether oxygens (including phenoxy) is 1. The van der Waals surface area contributed by atoms with E-state index in [4.69, 9.17) is 4.74 Å². The van der Waals surface area contributed by atoms with Gasteiger partial charge in [0.05, 0.1) is 4.90 Å². The van der Waals surface area contributed by atoms with Gasteiger partial charge in [-0.15, -0.1) is 0 Å². The molecule has 6 nitrogen and oxygen atoms in total. The van der Waals surface area contributed by atoms with Gasteiger partial charge in [-0.2, -0.15) is 4.31 Å². The van der Waals surface area contributed by atoms with Gasteiger partial charge in [-0.25, -0.2) is 8.42 Å². The van der Waals surface area contributed by atoms with Gasteiger partial charge in [-0.1, -0.05) is 26.0 Å². The van der Waals surface area contributed by atoms with Crippen molar-refractivity contribution in [2.45, 2.75) is 43.6 Å². The van der Waals surface area contributed by atoms with Crippen LogP contribution in [-0.2, 0) is 19.6 Å². The molecule has 0 N–H and O–H groups in total. The van der Waals surface area contributed by atoms with Gasteiger partial charge in [-0.3, -0.25) is 4.79 Å². The third-order valence-electron chi connectivity index (χ3n) is 4.94. The Morgan fingerprint density at radius 1 is 1.12 bits per heavy atom. The molecule has 0 aromatic heterocycles. The highest BCUT2D eigenvalue weighted by Gasteiger charge is 2.33. The van der Waals surface area contributed by atoms with Crippen LogP contribution in [0.2, 0.25) is 0 Å². The normalized spacial score (nSPS) is 22.5. The summed E-state index contributed by atoms with van der Waals surface area (Å²) in [6.45, 7) is 6.28. The molecule has 1 aromatic carbocycles. The summed E-state index contributed by atoms with van der Waals surface area (Å²) in [6.07, 6.45) is 1.34. The van der Waals surface area contributed by atoms with Crippen LogP contribution in [0.15, 0.2) is 29.2 Å². The lowest BCUT2D eigenvalue weighted by Gasteiger charge is -2.35. The van der Waals surface area contributed by atoms with Gasteiger partial charge in [0.25, 0.3) is 5.91 Å². The summed E-state index contributed by atoms with van der Waals surface area (Å²) in [6, 6.07) is 7.09.